The summed E-state index contributed by atoms with van der Waals surface area (Å²) in [5.41, 5.74) is -0.0318. The van der Waals surface area contributed by atoms with E-state index in [1.807, 2.05) is 17.5 Å². The van der Waals surface area contributed by atoms with E-state index < -0.39 is 0 Å². The molecule has 0 saturated carbocycles. The molecule has 9 nitrogen and oxygen atoms in total. The molecule has 23 heavy (non-hydrogen) atoms. The van der Waals surface area contributed by atoms with Crippen LogP contribution in [-0.2, 0) is 13.1 Å². The lowest BCUT2D eigenvalue weighted by atomic mass is 10.5. The molecule has 0 fully saturated rings. The molecule has 0 radical (unpaired) electrons. The highest BCUT2D eigenvalue weighted by atomic mass is 32.1. The Morgan fingerprint density at radius 3 is 2.61 bits per heavy atom. The zero-order valence-corrected chi connectivity index (χ0v) is 12.6. The lowest BCUT2D eigenvalue weighted by Gasteiger charge is -1.97. The molecule has 4 aromatic rings. The number of rotatable bonds is 4. The molecule has 0 atom stereocenters. The molecule has 0 aromatic carbocycles. The second-order valence-electron chi connectivity index (χ2n) is 4.78. The first-order valence-electron chi connectivity index (χ1n) is 6.85. The molecular formula is C13H11N7O2S. The van der Waals surface area contributed by atoms with Crippen molar-refractivity contribution in [1.82, 2.24) is 34.0 Å². The maximum Gasteiger partial charge on any atom is 0.369 e. The summed E-state index contributed by atoms with van der Waals surface area (Å²) in [6.07, 6.45) is 1.65. The van der Waals surface area contributed by atoms with Crippen LogP contribution in [0.3, 0.4) is 0 Å². The van der Waals surface area contributed by atoms with Crippen LogP contribution in [0, 0.1) is 0 Å². The molecule has 0 aliphatic carbocycles. The van der Waals surface area contributed by atoms with Crippen molar-refractivity contribution in [2.75, 3.05) is 0 Å². The minimum Gasteiger partial charge on any atom is -0.250 e. The molecule has 116 valence electrons. The summed E-state index contributed by atoms with van der Waals surface area (Å²) in [4.78, 5) is 24.4. The molecule has 0 aliphatic heterocycles. The number of thiophene rings is 1. The van der Waals surface area contributed by atoms with E-state index >= 15 is 0 Å². The number of fused-ring (bicyclic) bond motifs is 1. The van der Waals surface area contributed by atoms with Gasteiger partial charge in [-0.15, -0.1) is 16.4 Å². The molecule has 0 N–H and O–H groups in total. The molecule has 4 heterocycles. The van der Waals surface area contributed by atoms with Crippen molar-refractivity contribution >= 4 is 17.0 Å². The van der Waals surface area contributed by atoms with Gasteiger partial charge in [0.2, 0.25) is 0 Å². The Morgan fingerprint density at radius 1 is 0.957 bits per heavy atom. The van der Waals surface area contributed by atoms with Crippen LogP contribution in [0.25, 0.3) is 10.6 Å². The van der Waals surface area contributed by atoms with Crippen molar-refractivity contribution in [3.63, 3.8) is 0 Å². The molecule has 4 rings (SSSR count). The Hall–Kier alpha value is -3.01. The fourth-order valence-corrected chi connectivity index (χ4v) is 2.91. The molecule has 0 saturated heterocycles. The van der Waals surface area contributed by atoms with E-state index in [1.165, 1.54) is 29.8 Å². The van der Waals surface area contributed by atoms with Crippen LogP contribution < -0.4 is 11.4 Å². The highest BCUT2D eigenvalue weighted by Gasteiger charge is 2.11. The van der Waals surface area contributed by atoms with Gasteiger partial charge in [-0.1, -0.05) is 6.07 Å². The minimum absolute atomic E-state index is 0.216. The summed E-state index contributed by atoms with van der Waals surface area (Å²) in [6, 6.07) is 8.94. The van der Waals surface area contributed by atoms with Gasteiger partial charge in [-0.25, -0.2) is 14.3 Å². The van der Waals surface area contributed by atoms with E-state index in [2.05, 4.69) is 15.5 Å². The fourth-order valence-electron chi connectivity index (χ4n) is 2.25. The molecule has 0 aliphatic rings. The third-order valence-corrected chi connectivity index (χ3v) is 4.21. The van der Waals surface area contributed by atoms with Gasteiger partial charge in [0.15, 0.2) is 5.65 Å². The first kappa shape index (κ1) is 13.6. The summed E-state index contributed by atoms with van der Waals surface area (Å²) in [6.45, 7) is 0.456. The third-order valence-electron chi connectivity index (χ3n) is 3.37. The minimum atomic E-state index is -0.343. The average molecular weight is 329 g/mol. The summed E-state index contributed by atoms with van der Waals surface area (Å²) < 4.78 is 5.21. The molecular weight excluding hydrogens is 318 g/mol. The van der Waals surface area contributed by atoms with Crippen molar-refractivity contribution < 1.29 is 0 Å². The van der Waals surface area contributed by atoms with Gasteiger partial charge in [-0.2, -0.15) is 9.36 Å². The molecule has 0 amide bonds. The number of pyridine rings is 1. The Kier molecular flexibility index (Phi) is 3.15. The predicted molar refractivity (Wildman–Crippen MR) is 82.9 cm³/mol. The lowest BCUT2D eigenvalue weighted by Crippen LogP contribution is -2.28. The standard InChI is InChI=1S/C13H11N7O2S/c21-12-17-6-2-1-4-10(17)14-18(12)7-8-19-13(22)20(16-15-19)11-5-3-9-23-11/h1-6,9H,7-8H2. The first-order valence-corrected chi connectivity index (χ1v) is 7.73. The van der Waals surface area contributed by atoms with Crippen molar-refractivity contribution in [2.45, 2.75) is 13.1 Å². The quantitative estimate of drug-likeness (QED) is 0.525. The maximum atomic E-state index is 12.2. The van der Waals surface area contributed by atoms with Gasteiger partial charge in [0.25, 0.3) is 0 Å². The number of aryl methyl sites for hydroxylation is 2. The van der Waals surface area contributed by atoms with Crippen LogP contribution in [0.1, 0.15) is 0 Å². The lowest BCUT2D eigenvalue weighted by molar-refractivity contribution is 0.472. The van der Waals surface area contributed by atoms with Gasteiger partial charge >= 0.3 is 11.4 Å². The van der Waals surface area contributed by atoms with E-state index in [0.29, 0.717) is 10.6 Å². The summed E-state index contributed by atoms with van der Waals surface area (Å²) in [5.74, 6) is 0. The van der Waals surface area contributed by atoms with Gasteiger partial charge in [0.05, 0.1) is 13.1 Å². The van der Waals surface area contributed by atoms with Gasteiger partial charge in [0.1, 0.15) is 5.00 Å². The van der Waals surface area contributed by atoms with Gasteiger partial charge in [-0.3, -0.25) is 4.40 Å². The summed E-state index contributed by atoms with van der Waals surface area (Å²) >= 11 is 1.40. The molecule has 0 bridgehead atoms. The number of hydrogen-bond donors (Lipinski definition) is 0. The van der Waals surface area contributed by atoms with Crippen LogP contribution in [0.2, 0.25) is 0 Å². The van der Waals surface area contributed by atoms with E-state index in [4.69, 9.17) is 0 Å². The van der Waals surface area contributed by atoms with Crippen LogP contribution in [-0.4, -0.2) is 34.0 Å². The monoisotopic (exact) mass is 329 g/mol. The Bertz CT molecular complexity index is 1070. The first-order chi connectivity index (χ1) is 11.2. The summed E-state index contributed by atoms with van der Waals surface area (Å²) in [5, 5.41) is 14.5. The number of aromatic nitrogens is 7. The number of nitrogens with zero attached hydrogens (tertiary/aromatic N) is 7. The van der Waals surface area contributed by atoms with Crippen molar-refractivity contribution in [2.24, 2.45) is 0 Å². The second kappa shape index (κ2) is 5.32. The number of hydrogen-bond acceptors (Lipinski definition) is 6. The van der Waals surface area contributed by atoms with Crippen molar-refractivity contribution in [3.05, 3.63) is 62.9 Å². The fraction of sp³-hybridized carbons (Fsp3) is 0.154. The Balaban J connectivity index is 1.61. The maximum absolute atomic E-state index is 12.2. The van der Waals surface area contributed by atoms with E-state index in [0.717, 1.165) is 0 Å². The molecule has 0 unspecified atom stereocenters. The normalized spacial score (nSPS) is 11.3. The SMILES string of the molecule is O=c1n(CCn2nc3ccccn3c2=O)nnn1-c1cccs1. The largest absolute Gasteiger partial charge is 0.369 e. The van der Waals surface area contributed by atoms with Gasteiger partial charge < -0.3 is 0 Å². The van der Waals surface area contributed by atoms with Crippen molar-refractivity contribution in [1.29, 1.82) is 0 Å². The molecule has 4 aromatic heterocycles. The third kappa shape index (κ3) is 2.28. The highest BCUT2D eigenvalue weighted by Crippen LogP contribution is 2.10. The second-order valence-corrected chi connectivity index (χ2v) is 5.71. The van der Waals surface area contributed by atoms with Crippen LogP contribution >= 0.6 is 11.3 Å². The van der Waals surface area contributed by atoms with Crippen LogP contribution in [0.15, 0.2) is 51.5 Å². The zero-order chi connectivity index (χ0) is 15.8. The Morgan fingerprint density at radius 2 is 1.83 bits per heavy atom. The number of tetrazole rings is 1. The summed E-state index contributed by atoms with van der Waals surface area (Å²) in [7, 11) is 0. The van der Waals surface area contributed by atoms with Gasteiger partial charge in [-0.05, 0) is 40.1 Å². The van der Waals surface area contributed by atoms with E-state index in [1.54, 1.807) is 24.4 Å². The average Bonchev–Trinajstić information content (AvgIpc) is 3.27. The topological polar surface area (TPSA) is 92.0 Å². The molecule has 0 spiro atoms. The van der Waals surface area contributed by atoms with Gasteiger partial charge in [0, 0.05) is 6.20 Å². The van der Waals surface area contributed by atoms with Crippen LogP contribution in [0.5, 0.6) is 0 Å². The Labute approximate surface area is 132 Å². The van der Waals surface area contributed by atoms with Crippen LogP contribution in [0.4, 0.5) is 0 Å². The van der Waals surface area contributed by atoms with Crippen molar-refractivity contribution in [3.8, 4) is 5.00 Å². The smallest absolute Gasteiger partial charge is 0.250 e. The predicted octanol–water partition coefficient (Wildman–Crippen LogP) is 0.0001000. The highest BCUT2D eigenvalue weighted by molar-refractivity contribution is 7.12. The van der Waals surface area contributed by atoms with E-state index in [-0.39, 0.29) is 24.5 Å². The van der Waals surface area contributed by atoms with E-state index in [9.17, 15) is 9.59 Å². The zero-order valence-electron chi connectivity index (χ0n) is 11.8. The molecule has 10 heteroatoms.